The van der Waals surface area contributed by atoms with E-state index in [9.17, 15) is 9.59 Å². The smallest absolute Gasteiger partial charge is 0.265 e. The molecule has 0 spiro atoms. The van der Waals surface area contributed by atoms with Crippen molar-refractivity contribution in [3.05, 3.63) is 47.5 Å². The first-order valence-electron chi connectivity index (χ1n) is 9.32. The average molecular weight is 403 g/mol. The Balaban J connectivity index is 1.63. The van der Waals surface area contributed by atoms with Gasteiger partial charge in [0.25, 0.3) is 11.8 Å². The number of amides is 2. The van der Waals surface area contributed by atoms with Gasteiger partial charge in [0.15, 0.2) is 13.2 Å². The van der Waals surface area contributed by atoms with E-state index >= 15 is 0 Å². The van der Waals surface area contributed by atoms with Gasteiger partial charge in [-0.05, 0) is 48.9 Å². The summed E-state index contributed by atoms with van der Waals surface area (Å²) in [5, 5.41) is 3.40. The highest BCUT2D eigenvalue weighted by molar-refractivity contribution is 6.30. The number of carbonyl (C=O) groups excluding carboxylic acids is 2. The molecule has 0 aromatic heterocycles. The molecule has 0 atom stereocenters. The molecule has 148 valence electrons. The van der Waals surface area contributed by atoms with Gasteiger partial charge in [0.05, 0.1) is 5.69 Å². The van der Waals surface area contributed by atoms with Gasteiger partial charge in [-0.2, -0.15) is 0 Å². The summed E-state index contributed by atoms with van der Waals surface area (Å²) in [6.45, 7) is 2.67. The Bertz CT molecular complexity index is 839. The first kappa shape index (κ1) is 20.0. The molecular weight excluding hydrogens is 380 g/mol. The van der Waals surface area contributed by atoms with Crippen molar-refractivity contribution in [2.75, 3.05) is 30.0 Å². The number of unbranched alkanes of at least 4 members (excludes halogenated alkanes) is 2. The van der Waals surface area contributed by atoms with Crippen LogP contribution in [0.1, 0.15) is 26.2 Å². The molecule has 0 radical (unpaired) electrons. The number of benzene rings is 2. The first-order chi connectivity index (χ1) is 13.6. The van der Waals surface area contributed by atoms with Crippen LogP contribution in [0.4, 0.5) is 11.4 Å². The zero-order valence-corrected chi connectivity index (χ0v) is 16.5. The number of fused-ring (bicyclic) bond motifs is 1. The second kappa shape index (κ2) is 9.46. The maximum Gasteiger partial charge on any atom is 0.265 e. The molecule has 6 nitrogen and oxygen atoms in total. The summed E-state index contributed by atoms with van der Waals surface area (Å²) < 4.78 is 11.0. The second-order valence-electron chi connectivity index (χ2n) is 6.51. The molecule has 0 saturated heterocycles. The van der Waals surface area contributed by atoms with Gasteiger partial charge in [0.2, 0.25) is 0 Å². The number of ether oxygens (including phenoxy) is 2. The van der Waals surface area contributed by atoms with Crippen molar-refractivity contribution in [2.24, 2.45) is 0 Å². The molecule has 7 heteroatoms. The molecule has 0 bridgehead atoms. The first-order valence-corrected chi connectivity index (χ1v) is 9.70. The van der Waals surface area contributed by atoms with Crippen molar-refractivity contribution in [2.45, 2.75) is 26.2 Å². The number of nitrogens with zero attached hydrogens (tertiary/aromatic N) is 1. The number of hydrogen-bond acceptors (Lipinski definition) is 4. The Morgan fingerprint density at radius 2 is 2.00 bits per heavy atom. The van der Waals surface area contributed by atoms with Crippen LogP contribution in [0.3, 0.4) is 0 Å². The van der Waals surface area contributed by atoms with Crippen LogP contribution in [0.15, 0.2) is 42.5 Å². The maximum atomic E-state index is 12.3. The summed E-state index contributed by atoms with van der Waals surface area (Å²) in [6.07, 6.45) is 3.06. The zero-order valence-electron chi connectivity index (χ0n) is 15.7. The minimum atomic E-state index is -0.296. The van der Waals surface area contributed by atoms with Crippen LogP contribution in [0.5, 0.6) is 11.5 Å². The van der Waals surface area contributed by atoms with E-state index in [0.29, 0.717) is 34.4 Å². The van der Waals surface area contributed by atoms with Crippen molar-refractivity contribution < 1.29 is 19.1 Å². The topological polar surface area (TPSA) is 67.9 Å². The number of rotatable bonds is 8. The number of carbonyl (C=O) groups is 2. The molecule has 28 heavy (non-hydrogen) atoms. The van der Waals surface area contributed by atoms with E-state index in [2.05, 4.69) is 12.2 Å². The van der Waals surface area contributed by atoms with Crippen LogP contribution in [-0.4, -0.2) is 31.6 Å². The van der Waals surface area contributed by atoms with E-state index in [-0.39, 0.29) is 25.0 Å². The molecule has 0 fully saturated rings. The lowest BCUT2D eigenvalue weighted by molar-refractivity contribution is -0.121. The standard InChI is InChI=1S/C21H23ClN2O4/c1-2-3-4-11-24-18-12-16(7-10-19(18)28-14-21(24)26)23-20(25)13-27-17-8-5-15(22)6-9-17/h5-10,12H,2-4,11,13-14H2,1H3,(H,23,25). The summed E-state index contributed by atoms with van der Waals surface area (Å²) in [5.74, 6) is 0.839. The predicted octanol–water partition coefficient (Wildman–Crippen LogP) is 4.27. The van der Waals surface area contributed by atoms with E-state index in [4.69, 9.17) is 21.1 Å². The van der Waals surface area contributed by atoms with Gasteiger partial charge in [0, 0.05) is 17.3 Å². The minimum Gasteiger partial charge on any atom is -0.484 e. The van der Waals surface area contributed by atoms with Crippen molar-refractivity contribution >= 4 is 34.8 Å². The molecule has 2 amide bonds. The Morgan fingerprint density at radius 3 is 2.75 bits per heavy atom. The normalized spacial score (nSPS) is 12.9. The summed E-state index contributed by atoms with van der Waals surface area (Å²) in [6, 6.07) is 12.1. The molecule has 0 unspecified atom stereocenters. The number of anilines is 2. The Hall–Kier alpha value is -2.73. The van der Waals surface area contributed by atoms with Gasteiger partial charge < -0.3 is 19.7 Å². The van der Waals surface area contributed by atoms with Crippen molar-refractivity contribution in [3.63, 3.8) is 0 Å². The molecule has 1 N–H and O–H groups in total. The zero-order chi connectivity index (χ0) is 19.9. The fourth-order valence-electron chi connectivity index (χ4n) is 2.92. The highest BCUT2D eigenvalue weighted by atomic mass is 35.5. The third-order valence-corrected chi connectivity index (χ3v) is 4.61. The summed E-state index contributed by atoms with van der Waals surface area (Å²) in [7, 11) is 0. The van der Waals surface area contributed by atoms with Gasteiger partial charge in [-0.15, -0.1) is 0 Å². The van der Waals surface area contributed by atoms with E-state index < -0.39 is 0 Å². The fourth-order valence-corrected chi connectivity index (χ4v) is 3.05. The largest absolute Gasteiger partial charge is 0.484 e. The van der Waals surface area contributed by atoms with Gasteiger partial charge >= 0.3 is 0 Å². The predicted molar refractivity (Wildman–Crippen MR) is 109 cm³/mol. The lowest BCUT2D eigenvalue weighted by Gasteiger charge is -2.29. The quantitative estimate of drug-likeness (QED) is 0.669. The van der Waals surface area contributed by atoms with Gasteiger partial charge in [-0.3, -0.25) is 9.59 Å². The highest BCUT2D eigenvalue weighted by Crippen LogP contribution is 2.34. The molecule has 0 saturated carbocycles. The second-order valence-corrected chi connectivity index (χ2v) is 6.95. The number of hydrogen-bond donors (Lipinski definition) is 1. The van der Waals surface area contributed by atoms with Crippen molar-refractivity contribution in [1.29, 1.82) is 0 Å². The third kappa shape index (κ3) is 5.16. The van der Waals surface area contributed by atoms with Gasteiger partial charge in [-0.25, -0.2) is 0 Å². The van der Waals surface area contributed by atoms with Gasteiger partial charge in [-0.1, -0.05) is 31.4 Å². The van der Waals surface area contributed by atoms with E-state index in [1.807, 2.05) is 0 Å². The molecule has 1 heterocycles. The lowest BCUT2D eigenvalue weighted by atomic mass is 10.1. The van der Waals surface area contributed by atoms with Crippen LogP contribution < -0.4 is 19.7 Å². The van der Waals surface area contributed by atoms with Crippen LogP contribution in [0, 0.1) is 0 Å². The Morgan fingerprint density at radius 1 is 1.21 bits per heavy atom. The SMILES string of the molecule is CCCCCN1C(=O)COc2ccc(NC(=O)COc3ccc(Cl)cc3)cc21. The number of nitrogens with one attached hydrogen (secondary N) is 1. The lowest BCUT2D eigenvalue weighted by Crippen LogP contribution is -2.39. The van der Waals surface area contributed by atoms with Crippen molar-refractivity contribution in [3.8, 4) is 11.5 Å². The maximum absolute atomic E-state index is 12.3. The average Bonchev–Trinajstić information content (AvgIpc) is 2.69. The van der Waals surface area contributed by atoms with Crippen LogP contribution >= 0.6 is 11.6 Å². The van der Waals surface area contributed by atoms with Gasteiger partial charge in [0.1, 0.15) is 11.5 Å². The molecule has 0 aliphatic carbocycles. The molecule has 2 aromatic carbocycles. The number of halogens is 1. The molecule has 2 aromatic rings. The molecular formula is C21H23ClN2O4. The van der Waals surface area contributed by atoms with Crippen LogP contribution in [0.25, 0.3) is 0 Å². The minimum absolute atomic E-state index is 0.0414. The Labute approximate surface area is 169 Å². The van der Waals surface area contributed by atoms with Crippen molar-refractivity contribution in [1.82, 2.24) is 0 Å². The monoisotopic (exact) mass is 402 g/mol. The van der Waals surface area contributed by atoms with Crippen LogP contribution in [0.2, 0.25) is 5.02 Å². The molecule has 1 aliphatic heterocycles. The molecule has 1 aliphatic rings. The third-order valence-electron chi connectivity index (χ3n) is 4.35. The van der Waals surface area contributed by atoms with E-state index in [1.165, 1.54) is 0 Å². The van der Waals surface area contributed by atoms with Crippen LogP contribution in [-0.2, 0) is 9.59 Å². The summed E-state index contributed by atoms with van der Waals surface area (Å²) in [4.78, 5) is 26.2. The van der Waals surface area contributed by atoms with E-state index in [0.717, 1.165) is 19.3 Å². The summed E-state index contributed by atoms with van der Waals surface area (Å²) >= 11 is 5.83. The summed E-state index contributed by atoms with van der Waals surface area (Å²) in [5.41, 5.74) is 1.27. The fraction of sp³-hybridized carbons (Fsp3) is 0.333. The molecule has 3 rings (SSSR count). The highest BCUT2D eigenvalue weighted by Gasteiger charge is 2.25. The van der Waals surface area contributed by atoms with E-state index in [1.54, 1.807) is 47.4 Å². The Kier molecular flexibility index (Phi) is 6.76.